The van der Waals surface area contributed by atoms with Gasteiger partial charge in [-0.15, -0.1) is 21.5 Å². The Labute approximate surface area is 195 Å². The van der Waals surface area contributed by atoms with Crippen LogP contribution in [-0.2, 0) is 12.8 Å². The highest BCUT2D eigenvalue weighted by molar-refractivity contribution is 7.10. The zero-order valence-corrected chi connectivity index (χ0v) is 19.4. The average Bonchev–Trinajstić information content (AvgIpc) is 3.57. The van der Waals surface area contributed by atoms with E-state index in [1.165, 1.54) is 10.4 Å². The van der Waals surface area contributed by atoms with Crippen LogP contribution >= 0.6 is 11.3 Å². The summed E-state index contributed by atoms with van der Waals surface area (Å²) in [5.41, 5.74) is 5.51. The molecule has 6 rings (SSSR count). The molecule has 0 atom stereocenters. The Morgan fingerprint density at radius 1 is 1.09 bits per heavy atom. The average molecular weight is 461 g/mol. The topological polar surface area (TPSA) is 80.3 Å². The molecule has 1 amide bonds. The number of fused-ring (bicyclic) bond motifs is 3. The summed E-state index contributed by atoms with van der Waals surface area (Å²) in [6.45, 7) is 5.00. The lowest BCUT2D eigenvalue weighted by Crippen LogP contribution is -2.47. The molecule has 0 unspecified atom stereocenters. The van der Waals surface area contributed by atoms with Crippen LogP contribution in [0.5, 0.6) is 0 Å². The summed E-state index contributed by atoms with van der Waals surface area (Å²) in [6, 6.07) is 10.0. The van der Waals surface area contributed by atoms with Crippen LogP contribution in [0.3, 0.4) is 0 Å². The summed E-state index contributed by atoms with van der Waals surface area (Å²) in [4.78, 5) is 19.1. The predicted molar refractivity (Wildman–Crippen MR) is 126 cm³/mol. The Hall–Kier alpha value is -3.30. The highest BCUT2D eigenvalue weighted by Gasteiger charge is 2.32. The number of hydrogen-bond donors (Lipinski definition) is 0. The van der Waals surface area contributed by atoms with Crippen LogP contribution in [-0.4, -0.2) is 68.9 Å². The van der Waals surface area contributed by atoms with Crippen molar-refractivity contribution in [2.45, 2.75) is 19.8 Å². The number of likely N-dealkylation sites (N-methyl/N-ethyl adjacent to an activating group) is 1. The molecule has 2 aliphatic rings. The van der Waals surface area contributed by atoms with Gasteiger partial charge in [0.05, 0.1) is 11.4 Å². The molecule has 1 aromatic carbocycles. The molecular formula is C24H24N6O2S. The van der Waals surface area contributed by atoms with Gasteiger partial charge in [0.15, 0.2) is 5.69 Å². The van der Waals surface area contributed by atoms with Crippen LogP contribution in [0.4, 0.5) is 0 Å². The standard InChI is InChI=1S/C24H24N6O2S/c1-15-25-26-23(32-15)16-4-3-5-17(14-16)30-22-18-8-13-33-20(18)7-6-19(22)21(27-30)24(31)29-11-9-28(2)10-12-29/h3-5,8,13-14H,6-7,9-12H2,1-2H3. The van der Waals surface area contributed by atoms with Crippen molar-refractivity contribution in [3.8, 4) is 28.4 Å². The van der Waals surface area contributed by atoms with Crippen molar-refractivity contribution in [1.82, 2.24) is 29.8 Å². The number of rotatable bonds is 3. The second-order valence-corrected chi connectivity index (χ2v) is 9.62. The highest BCUT2D eigenvalue weighted by atomic mass is 32.1. The van der Waals surface area contributed by atoms with Gasteiger partial charge in [-0.25, -0.2) is 4.68 Å². The Balaban J connectivity index is 1.47. The number of aryl methyl sites for hydroxylation is 2. The molecule has 0 spiro atoms. The maximum atomic E-state index is 13.6. The number of hydrogen-bond acceptors (Lipinski definition) is 7. The van der Waals surface area contributed by atoms with E-state index in [0.717, 1.165) is 61.5 Å². The van der Waals surface area contributed by atoms with E-state index in [0.29, 0.717) is 17.5 Å². The predicted octanol–water partition coefficient (Wildman–Crippen LogP) is 3.45. The summed E-state index contributed by atoms with van der Waals surface area (Å²) < 4.78 is 7.56. The van der Waals surface area contributed by atoms with Gasteiger partial charge in [-0.1, -0.05) is 6.07 Å². The lowest BCUT2D eigenvalue weighted by Gasteiger charge is -2.32. The van der Waals surface area contributed by atoms with E-state index < -0.39 is 0 Å². The summed E-state index contributed by atoms with van der Waals surface area (Å²) in [7, 11) is 2.09. The minimum atomic E-state index is 0.0282. The monoisotopic (exact) mass is 460 g/mol. The number of benzene rings is 1. The Morgan fingerprint density at radius 2 is 1.94 bits per heavy atom. The summed E-state index contributed by atoms with van der Waals surface area (Å²) in [5.74, 6) is 1.02. The maximum Gasteiger partial charge on any atom is 0.274 e. The van der Waals surface area contributed by atoms with E-state index in [1.807, 2.05) is 33.8 Å². The molecule has 4 heterocycles. The Kier molecular flexibility index (Phi) is 4.88. The van der Waals surface area contributed by atoms with E-state index in [1.54, 1.807) is 18.3 Å². The van der Waals surface area contributed by atoms with Crippen molar-refractivity contribution in [3.63, 3.8) is 0 Å². The third-order valence-corrected chi connectivity index (χ3v) is 7.42. The second-order valence-electron chi connectivity index (χ2n) is 8.62. The first-order valence-corrected chi connectivity index (χ1v) is 12.0. The smallest absolute Gasteiger partial charge is 0.274 e. The largest absolute Gasteiger partial charge is 0.421 e. The summed E-state index contributed by atoms with van der Waals surface area (Å²) >= 11 is 1.77. The van der Waals surface area contributed by atoms with Crippen LogP contribution < -0.4 is 0 Å². The molecule has 0 radical (unpaired) electrons. The third kappa shape index (κ3) is 3.48. The normalized spacial score (nSPS) is 16.0. The van der Waals surface area contributed by atoms with Gasteiger partial charge in [0.1, 0.15) is 0 Å². The molecule has 3 aromatic heterocycles. The molecule has 33 heavy (non-hydrogen) atoms. The molecule has 1 saturated heterocycles. The first-order valence-electron chi connectivity index (χ1n) is 11.2. The first-order chi connectivity index (χ1) is 16.1. The molecule has 1 aliphatic heterocycles. The SMILES string of the molecule is Cc1nnc(-c2cccc(-n3nc(C(=O)N4CCN(C)CC4)c4c3-c3ccsc3CC4)c2)o1. The fourth-order valence-corrected chi connectivity index (χ4v) is 5.53. The van der Waals surface area contributed by atoms with Gasteiger partial charge in [0.2, 0.25) is 11.8 Å². The minimum absolute atomic E-state index is 0.0282. The van der Waals surface area contributed by atoms with Gasteiger partial charge in [0.25, 0.3) is 5.91 Å². The number of aromatic nitrogens is 4. The van der Waals surface area contributed by atoms with Crippen LogP contribution in [0, 0.1) is 6.92 Å². The van der Waals surface area contributed by atoms with Crippen LogP contribution in [0.25, 0.3) is 28.4 Å². The number of nitrogens with zero attached hydrogens (tertiary/aromatic N) is 6. The molecule has 0 N–H and O–H groups in total. The number of thiophene rings is 1. The molecule has 8 nitrogen and oxygen atoms in total. The van der Waals surface area contributed by atoms with E-state index >= 15 is 0 Å². The summed E-state index contributed by atoms with van der Waals surface area (Å²) in [6.07, 6.45) is 1.76. The van der Waals surface area contributed by atoms with Crippen LogP contribution in [0.2, 0.25) is 0 Å². The van der Waals surface area contributed by atoms with Gasteiger partial charge in [0, 0.05) is 54.7 Å². The van der Waals surface area contributed by atoms with Crippen molar-refractivity contribution < 1.29 is 9.21 Å². The number of carbonyl (C=O) groups excluding carboxylic acids is 1. The number of amides is 1. The lowest BCUT2D eigenvalue weighted by atomic mass is 9.94. The zero-order chi connectivity index (χ0) is 22.5. The highest BCUT2D eigenvalue weighted by Crippen LogP contribution is 2.40. The van der Waals surface area contributed by atoms with E-state index in [4.69, 9.17) is 9.52 Å². The van der Waals surface area contributed by atoms with Crippen LogP contribution in [0.15, 0.2) is 40.1 Å². The van der Waals surface area contributed by atoms with Crippen molar-refractivity contribution in [2.24, 2.45) is 0 Å². The van der Waals surface area contributed by atoms with Crippen molar-refractivity contribution >= 4 is 17.2 Å². The molecular weight excluding hydrogens is 436 g/mol. The van der Waals surface area contributed by atoms with Gasteiger partial charge < -0.3 is 14.2 Å². The van der Waals surface area contributed by atoms with E-state index in [2.05, 4.69) is 33.6 Å². The van der Waals surface area contributed by atoms with Crippen molar-refractivity contribution in [3.05, 3.63) is 57.7 Å². The second kappa shape index (κ2) is 7.93. The number of carbonyl (C=O) groups is 1. The van der Waals surface area contributed by atoms with Gasteiger partial charge in [-0.2, -0.15) is 5.10 Å². The van der Waals surface area contributed by atoms with Crippen LogP contribution in [0.1, 0.15) is 26.8 Å². The Bertz CT molecular complexity index is 1340. The molecule has 0 saturated carbocycles. The number of piperazine rings is 1. The lowest BCUT2D eigenvalue weighted by molar-refractivity contribution is 0.0656. The van der Waals surface area contributed by atoms with Gasteiger partial charge in [-0.05, 0) is 49.5 Å². The quantitative estimate of drug-likeness (QED) is 0.466. The summed E-state index contributed by atoms with van der Waals surface area (Å²) in [5, 5.41) is 15.2. The molecule has 4 aromatic rings. The van der Waals surface area contributed by atoms with E-state index in [-0.39, 0.29) is 5.91 Å². The zero-order valence-electron chi connectivity index (χ0n) is 18.6. The molecule has 9 heteroatoms. The third-order valence-electron chi connectivity index (χ3n) is 6.44. The maximum absolute atomic E-state index is 13.6. The minimum Gasteiger partial charge on any atom is -0.421 e. The molecule has 168 valence electrons. The molecule has 1 aliphatic carbocycles. The fraction of sp³-hybridized carbons (Fsp3) is 0.333. The van der Waals surface area contributed by atoms with Gasteiger partial charge >= 0.3 is 0 Å². The fourth-order valence-electron chi connectivity index (χ4n) is 4.65. The first kappa shape index (κ1) is 20.3. The molecule has 0 bridgehead atoms. The molecule has 1 fully saturated rings. The Morgan fingerprint density at radius 3 is 2.73 bits per heavy atom. The van der Waals surface area contributed by atoms with Gasteiger partial charge in [-0.3, -0.25) is 4.79 Å². The van der Waals surface area contributed by atoms with E-state index in [9.17, 15) is 4.79 Å². The van der Waals surface area contributed by atoms with Crippen molar-refractivity contribution in [2.75, 3.05) is 33.2 Å². The van der Waals surface area contributed by atoms with Crippen molar-refractivity contribution in [1.29, 1.82) is 0 Å².